The average Bonchev–Trinajstić information content (AvgIpc) is 2.68. The average molecular weight is 401 g/mol. The number of nitrogens with one attached hydrogen (secondary N) is 2. The van der Waals surface area contributed by atoms with Crippen LogP contribution in [0.15, 0.2) is 60.7 Å². The number of thiocarbonyl (C=S) groups is 2. The number of benzene rings is 2. The molecule has 0 radical (unpaired) electrons. The van der Waals surface area contributed by atoms with Crippen molar-refractivity contribution in [1.29, 1.82) is 0 Å². The monoisotopic (exact) mass is 400 g/mol. The van der Waals surface area contributed by atoms with Crippen molar-refractivity contribution in [3.63, 3.8) is 0 Å². The van der Waals surface area contributed by atoms with Gasteiger partial charge in [-0.25, -0.2) is 10.4 Å². The Balaban J connectivity index is 2.33. The largest absolute Gasteiger partial charge is 0.291 e. The van der Waals surface area contributed by atoms with Crippen molar-refractivity contribution >= 4 is 46.2 Å². The van der Waals surface area contributed by atoms with Gasteiger partial charge in [-0.2, -0.15) is 0 Å². The second-order valence-corrected chi connectivity index (χ2v) is 6.32. The van der Waals surface area contributed by atoms with Crippen LogP contribution in [0.5, 0.6) is 0 Å². The highest BCUT2D eigenvalue weighted by Gasteiger charge is 2.27. The Bertz CT molecular complexity index is 828. The lowest BCUT2D eigenvalue weighted by Crippen LogP contribution is -2.51. The van der Waals surface area contributed by atoms with E-state index in [1.807, 2.05) is 48.5 Å². The van der Waals surface area contributed by atoms with E-state index in [4.69, 9.17) is 24.4 Å². The Morgan fingerprint density at radius 1 is 0.889 bits per heavy atom. The molecule has 0 saturated heterocycles. The summed E-state index contributed by atoms with van der Waals surface area (Å²) in [7, 11) is 3.20. The molecule has 0 heterocycles. The standard InChI is InChI=1S/C19H20N4O2S2/c1-20-21-16(24)13-17(25)23(19(27)15-11-7-4-8-12-15)22(2)18(26)14-9-5-3-6-10-14/h3-12,20H,13H2,1-2H3,(H,21,24). The third-order valence-corrected chi connectivity index (χ3v) is 4.55. The summed E-state index contributed by atoms with van der Waals surface area (Å²) in [5.41, 5.74) is 6.33. The number of hydrogen-bond donors (Lipinski definition) is 2. The molecule has 140 valence electrons. The number of carbonyl (C=O) groups excluding carboxylic acids is 2. The van der Waals surface area contributed by atoms with Gasteiger partial charge in [-0.3, -0.25) is 20.0 Å². The van der Waals surface area contributed by atoms with Crippen molar-refractivity contribution in [1.82, 2.24) is 20.9 Å². The molecule has 0 spiro atoms. The molecule has 0 atom stereocenters. The van der Waals surface area contributed by atoms with E-state index in [0.29, 0.717) is 10.6 Å². The molecule has 0 aliphatic carbocycles. The van der Waals surface area contributed by atoms with Crippen LogP contribution in [0.2, 0.25) is 0 Å². The van der Waals surface area contributed by atoms with Gasteiger partial charge in [0.15, 0.2) is 0 Å². The van der Waals surface area contributed by atoms with Crippen molar-refractivity contribution in [3.05, 3.63) is 71.8 Å². The summed E-state index contributed by atoms with van der Waals surface area (Å²) in [4.78, 5) is 25.4. The first-order valence-corrected chi connectivity index (χ1v) is 8.98. The molecular formula is C19H20N4O2S2. The summed E-state index contributed by atoms with van der Waals surface area (Å²) in [5.74, 6) is -0.959. The molecule has 8 heteroatoms. The minimum Gasteiger partial charge on any atom is -0.291 e. The first kappa shape index (κ1) is 20.6. The number of hydrogen-bond acceptors (Lipinski definition) is 5. The van der Waals surface area contributed by atoms with E-state index in [9.17, 15) is 9.59 Å². The summed E-state index contributed by atoms with van der Waals surface area (Å²) in [5, 5.41) is 2.75. The van der Waals surface area contributed by atoms with Crippen molar-refractivity contribution < 1.29 is 9.59 Å². The Hall–Kier alpha value is -2.68. The van der Waals surface area contributed by atoms with E-state index in [0.717, 1.165) is 5.56 Å². The van der Waals surface area contributed by atoms with Gasteiger partial charge in [0.05, 0.1) is 0 Å². The van der Waals surface area contributed by atoms with Crippen LogP contribution in [-0.2, 0) is 9.59 Å². The van der Waals surface area contributed by atoms with E-state index in [1.54, 1.807) is 26.2 Å². The highest BCUT2D eigenvalue weighted by Crippen LogP contribution is 2.14. The van der Waals surface area contributed by atoms with Crippen LogP contribution < -0.4 is 10.9 Å². The molecular weight excluding hydrogens is 380 g/mol. The molecule has 2 aromatic rings. The summed E-state index contributed by atoms with van der Waals surface area (Å²) in [6, 6.07) is 18.4. The number of nitrogens with zero attached hydrogens (tertiary/aromatic N) is 2. The summed E-state index contributed by atoms with van der Waals surface area (Å²) >= 11 is 11.1. The lowest BCUT2D eigenvalue weighted by molar-refractivity contribution is -0.138. The van der Waals surface area contributed by atoms with E-state index in [2.05, 4.69) is 10.9 Å². The van der Waals surface area contributed by atoms with Crippen LogP contribution in [0.25, 0.3) is 0 Å². The normalized spacial score (nSPS) is 10.0. The van der Waals surface area contributed by atoms with Gasteiger partial charge in [0.25, 0.3) is 5.91 Å². The number of hydrazine groups is 2. The first-order chi connectivity index (χ1) is 13.0. The van der Waals surface area contributed by atoms with E-state index < -0.39 is 11.8 Å². The molecule has 2 aromatic carbocycles. The molecule has 0 bridgehead atoms. The fourth-order valence-corrected chi connectivity index (χ4v) is 2.95. The van der Waals surface area contributed by atoms with Gasteiger partial charge in [0, 0.05) is 25.2 Å². The highest BCUT2D eigenvalue weighted by atomic mass is 32.1. The summed E-state index contributed by atoms with van der Waals surface area (Å²) in [6.45, 7) is 0. The van der Waals surface area contributed by atoms with Gasteiger partial charge in [-0.1, -0.05) is 85.1 Å². The maximum absolute atomic E-state index is 12.9. The van der Waals surface area contributed by atoms with Crippen molar-refractivity contribution in [2.45, 2.75) is 6.42 Å². The van der Waals surface area contributed by atoms with Crippen LogP contribution in [0, 0.1) is 0 Å². The zero-order valence-corrected chi connectivity index (χ0v) is 16.6. The minimum atomic E-state index is -0.489. The SMILES string of the molecule is CNNC(=O)CC(=O)N(C(=S)c1ccccc1)N(C)C(=S)c1ccccc1. The smallest absolute Gasteiger partial charge is 0.256 e. The van der Waals surface area contributed by atoms with Gasteiger partial charge < -0.3 is 0 Å². The van der Waals surface area contributed by atoms with Gasteiger partial charge in [-0.15, -0.1) is 0 Å². The quantitative estimate of drug-likeness (QED) is 0.455. The molecule has 0 unspecified atom stereocenters. The Labute approximate surface area is 169 Å². The Kier molecular flexibility index (Phi) is 7.54. The lowest BCUT2D eigenvalue weighted by Gasteiger charge is -2.34. The maximum atomic E-state index is 12.9. The fourth-order valence-electron chi connectivity index (χ4n) is 2.37. The van der Waals surface area contributed by atoms with Crippen LogP contribution in [0.1, 0.15) is 17.5 Å². The maximum Gasteiger partial charge on any atom is 0.256 e. The lowest BCUT2D eigenvalue weighted by atomic mass is 10.2. The van der Waals surface area contributed by atoms with Crippen LogP contribution >= 0.6 is 24.4 Å². The molecule has 27 heavy (non-hydrogen) atoms. The summed E-state index contributed by atoms with van der Waals surface area (Å²) in [6.07, 6.45) is -0.379. The van der Waals surface area contributed by atoms with Crippen LogP contribution in [-0.4, -0.2) is 45.9 Å². The molecule has 2 N–H and O–H groups in total. The van der Waals surface area contributed by atoms with Crippen LogP contribution in [0.3, 0.4) is 0 Å². The molecule has 2 amide bonds. The zero-order chi connectivity index (χ0) is 19.8. The van der Waals surface area contributed by atoms with Gasteiger partial charge in [0.1, 0.15) is 16.4 Å². The third-order valence-electron chi connectivity index (χ3n) is 3.64. The first-order valence-electron chi connectivity index (χ1n) is 8.16. The number of carbonyl (C=O) groups is 2. The second kappa shape index (κ2) is 9.86. The molecule has 0 aromatic heterocycles. The highest BCUT2D eigenvalue weighted by molar-refractivity contribution is 7.81. The second-order valence-electron chi connectivity index (χ2n) is 5.55. The fraction of sp³-hybridized carbons (Fsp3) is 0.158. The molecule has 0 saturated carbocycles. The minimum absolute atomic E-state index is 0.263. The van der Waals surface area contributed by atoms with Gasteiger partial charge >= 0.3 is 0 Å². The third kappa shape index (κ3) is 5.40. The van der Waals surface area contributed by atoms with Crippen LogP contribution in [0.4, 0.5) is 0 Å². The molecule has 0 aliphatic rings. The molecule has 0 aliphatic heterocycles. The number of rotatable bonds is 5. The Morgan fingerprint density at radius 3 is 1.85 bits per heavy atom. The van der Waals surface area contributed by atoms with E-state index >= 15 is 0 Å². The molecule has 6 nitrogen and oxygen atoms in total. The topological polar surface area (TPSA) is 64.7 Å². The molecule has 2 rings (SSSR count). The predicted molar refractivity (Wildman–Crippen MR) is 113 cm³/mol. The van der Waals surface area contributed by atoms with E-state index in [1.165, 1.54) is 10.0 Å². The Morgan fingerprint density at radius 2 is 1.37 bits per heavy atom. The van der Waals surface area contributed by atoms with Gasteiger partial charge in [-0.05, 0) is 0 Å². The van der Waals surface area contributed by atoms with Crippen molar-refractivity contribution in [3.8, 4) is 0 Å². The van der Waals surface area contributed by atoms with Gasteiger partial charge in [0.2, 0.25) is 5.91 Å². The van der Waals surface area contributed by atoms with Crippen molar-refractivity contribution in [2.75, 3.05) is 14.1 Å². The number of amides is 2. The van der Waals surface area contributed by atoms with Crippen molar-refractivity contribution in [2.24, 2.45) is 0 Å². The van der Waals surface area contributed by atoms with E-state index in [-0.39, 0.29) is 11.4 Å². The predicted octanol–water partition coefficient (Wildman–Crippen LogP) is 2.05. The molecule has 0 fully saturated rings. The summed E-state index contributed by atoms with van der Waals surface area (Å²) < 4.78 is 0. The zero-order valence-electron chi connectivity index (χ0n) is 15.0.